The number of hydrogen-bond acceptors (Lipinski definition) is 3. The van der Waals surface area contributed by atoms with Crippen molar-refractivity contribution in [1.29, 1.82) is 0 Å². The van der Waals surface area contributed by atoms with Crippen LogP contribution in [0.1, 0.15) is 44.1 Å². The molecule has 0 bridgehead atoms. The highest BCUT2D eigenvalue weighted by Crippen LogP contribution is 2.17. The normalized spacial score (nSPS) is 14.6. The van der Waals surface area contributed by atoms with Crippen molar-refractivity contribution < 1.29 is 14.3 Å². The largest absolute Gasteiger partial charge is 0.492 e. The van der Waals surface area contributed by atoms with E-state index < -0.39 is 0 Å². The third-order valence-electron chi connectivity index (χ3n) is 4.29. The van der Waals surface area contributed by atoms with Crippen molar-refractivity contribution in [2.45, 2.75) is 51.5 Å². The van der Waals surface area contributed by atoms with E-state index in [1.165, 1.54) is 24.8 Å². The Labute approximate surface area is 149 Å². The molecule has 0 radical (unpaired) electrons. The molecule has 1 aromatic carbocycles. The van der Waals surface area contributed by atoms with E-state index in [0.29, 0.717) is 19.7 Å². The average Bonchev–Trinajstić information content (AvgIpc) is 2.61. The van der Waals surface area contributed by atoms with Gasteiger partial charge in [0.25, 0.3) is 0 Å². The van der Waals surface area contributed by atoms with E-state index in [1.54, 1.807) is 0 Å². The maximum atomic E-state index is 11.8. The van der Waals surface area contributed by atoms with Crippen LogP contribution < -0.4 is 20.7 Å². The SMILES string of the molecule is Cc1ccc(OCCNC(=O)CCNC(=O)NC2CCCCC2)cc1. The summed E-state index contributed by atoms with van der Waals surface area (Å²) in [5.74, 6) is 0.700. The van der Waals surface area contributed by atoms with E-state index in [-0.39, 0.29) is 24.4 Å². The van der Waals surface area contributed by atoms with Gasteiger partial charge in [0.1, 0.15) is 12.4 Å². The molecule has 1 aromatic rings. The zero-order chi connectivity index (χ0) is 17.9. The molecule has 0 unspecified atom stereocenters. The van der Waals surface area contributed by atoms with Crippen molar-refractivity contribution >= 4 is 11.9 Å². The number of urea groups is 1. The minimum absolute atomic E-state index is 0.0922. The number of aryl methyl sites for hydroxylation is 1. The van der Waals surface area contributed by atoms with Gasteiger partial charge in [-0.25, -0.2) is 4.79 Å². The Morgan fingerprint density at radius 3 is 2.48 bits per heavy atom. The smallest absolute Gasteiger partial charge is 0.315 e. The van der Waals surface area contributed by atoms with Crippen LogP contribution in [-0.4, -0.2) is 37.7 Å². The molecular formula is C19H29N3O3. The van der Waals surface area contributed by atoms with Gasteiger partial charge in [-0.1, -0.05) is 37.0 Å². The average molecular weight is 347 g/mol. The van der Waals surface area contributed by atoms with Gasteiger partial charge in [0.15, 0.2) is 0 Å². The number of carbonyl (C=O) groups is 2. The molecule has 2 rings (SSSR count). The van der Waals surface area contributed by atoms with Gasteiger partial charge in [-0.05, 0) is 31.9 Å². The molecule has 1 saturated carbocycles. The Bertz CT molecular complexity index is 539. The maximum absolute atomic E-state index is 11.8. The molecule has 0 aliphatic heterocycles. The molecule has 138 valence electrons. The van der Waals surface area contributed by atoms with Gasteiger partial charge >= 0.3 is 6.03 Å². The minimum Gasteiger partial charge on any atom is -0.492 e. The lowest BCUT2D eigenvalue weighted by Gasteiger charge is -2.22. The summed E-state index contributed by atoms with van der Waals surface area (Å²) in [5, 5.41) is 8.49. The lowest BCUT2D eigenvalue weighted by Crippen LogP contribution is -2.44. The second-order valence-corrected chi connectivity index (χ2v) is 6.50. The fourth-order valence-corrected chi connectivity index (χ4v) is 2.86. The predicted molar refractivity (Wildman–Crippen MR) is 97.7 cm³/mol. The molecule has 6 nitrogen and oxygen atoms in total. The number of rotatable bonds is 8. The van der Waals surface area contributed by atoms with Crippen molar-refractivity contribution in [2.24, 2.45) is 0 Å². The Kier molecular flexibility index (Phi) is 8.09. The van der Waals surface area contributed by atoms with Crippen molar-refractivity contribution in [3.63, 3.8) is 0 Å². The van der Waals surface area contributed by atoms with E-state index in [0.717, 1.165) is 18.6 Å². The van der Waals surface area contributed by atoms with Crippen LogP contribution in [0.15, 0.2) is 24.3 Å². The van der Waals surface area contributed by atoms with Gasteiger partial charge in [-0.3, -0.25) is 4.79 Å². The molecule has 0 atom stereocenters. The standard InChI is InChI=1S/C19H29N3O3/c1-15-7-9-17(10-8-15)25-14-13-20-18(23)11-12-21-19(24)22-16-5-3-2-4-6-16/h7-10,16H,2-6,11-14H2,1H3,(H,20,23)(H2,21,22,24). The molecule has 3 amide bonds. The first-order chi connectivity index (χ1) is 12.1. The van der Waals surface area contributed by atoms with Gasteiger partial charge < -0.3 is 20.7 Å². The molecule has 0 heterocycles. The summed E-state index contributed by atoms with van der Waals surface area (Å²) in [6, 6.07) is 7.89. The highest BCUT2D eigenvalue weighted by Gasteiger charge is 2.15. The zero-order valence-corrected chi connectivity index (χ0v) is 15.0. The van der Waals surface area contributed by atoms with Crippen LogP contribution in [0, 0.1) is 6.92 Å². The van der Waals surface area contributed by atoms with Crippen molar-refractivity contribution in [3.05, 3.63) is 29.8 Å². The van der Waals surface area contributed by atoms with E-state index in [1.807, 2.05) is 31.2 Å². The minimum atomic E-state index is -0.178. The van der Waals surface area contributed by atoms with Crippen LogP contribution in [0.3, 0.4) is 0 Å². The fourth-order valence-electron chi connectivity index (χ4n) is 2.86. The van der Waals surface area contributed by atoms with Crippen molar-refractivity contribution in [1.82, 2.24) is 16.0 Å². The third-order valence-corrected chi connectivity index (χ3v) is 4.29. The monoisotopic (exact) mass is 347 g/mol. The first-order valence-electron chi connectivity index (χ1n) is 9.14. The van der Waals surface area contributed by atoms with Gasteiger partial charge in [-0.15, -0.1) is 0 Å². The summed E-state index contributed by atoms with van der Waals surface area (Å²) >= 11 is 0. The second-order valence-electron chi connectivity index (χ2n) is 6.50. The lowest BCUT2D eigenvalue weighted by molar-refractivity contribution is -0.121. The quantitative estimate of drug-likeness (QED) is 0.632. The summed E-state index contributed by atoms with van der Waals surface area (Å²) in [6.45, 7) is 3.22. The van der Waals surface area contributed by atoms with Crippen LogP contribution in [0.2, 0.25) is 0 Å². The Morgan fingerprint density at radius 2 is 1.76 bits per heavy atom. The van der Waals surface area contributed by atoms with Crippen LogP contribution >= 0.6 is 0 Å². The molecule has 1 fully saturated rings. The third kappa shape index (κ3) is 7.92. The van der Waals surface area contributed by atoms with Crippen molar-refractivity contribution in [3.8, 4) is 5.75 Å². The van der Waals surface area contributed by atoms with Crippen LogP contribution in [-0.2, 0) is 4.79 Å². The van der Waals surface area contributed by atoms with Crippen molar-refractivity contribution in [2.75, 3.05) is 19.7 Å². The number of carbonyl (C=O) groups excluding carboxylic acids is 2. The van der Waals surface area contributed by atoms with Crippen LogP contribution in [0.25, 0.3) is 0 Å². The van der Waals surface area contributed by atoms with Gasteiger partial charge in [0.2, 0.25) is 5.91 Å². The Hall–Kier alpha value is -2.24. The number of ether oxygens (including phenoxy) is 1. The molecule has 1 aliphatic rings. The molecule has 6 heteroatoms. The second kappa shape index (κ2) is 10.6. The predicted octanol–water partition coefficient (Wildman–Crippen LogP) is 2.51. The van der Waals surface area contributed by atoms with Gasteiger partial charge in [0.05, 0.1) is 6.54 Å². The molecule has 0 saturated heterocycles. The summed E-state index contributed by atoms with van der Waals surface area (Å²) in [5.41, 5.74) is 1.18. The highest BCUT2D eigenvalue weighted by molar-refractivity contribution is 5.78. The zero-order valence-electron chi connectivity index (χ0n) is 15.0. The maximum Gasteiger partial charge on any atom is 0.315 e. The molecule has 1 aliphatic carbocycles. The highest BCUT2D eigenvalue weighted by atomic mass is 16.5. The fraction of sp³-hybridized carbons (Fsp3) is 0.579. The summed E-state index contributed by atoms with van der Waals surface area (Å²) < 4.78 is 5.54. The molecule has 3 N–H and O–H groups in total. The molecule has 0 aromatic heterocycles. The molecule has 25 heavy (non-hydrogen) atoms. The van der Waals surface area contributed by atoms with Crippen LogP contribution in [0.5, 0.6) is 5.75 Å². The number of hydrogen-bond donors (Lipinski definition) is 3. The Morgan fingerprint density at radius 1 is 1.04 bits per heavy atom. The number of nitrogens with one attached hydrogen (secondary N) is 3. The number of benzene rings is 1. The molecule has 0 spiro atoms. The summed E-state index contributed by atoms with van der Waals surface area (Å²) in [4.78, 5) is 23.5. The van der Waals surface area contributed by atoms with E-state index in [9.17, 15) is 9.59 Å². The number of amides is 3. The topological polar surface area (TPSA) is 79.5 Å². The lowest BCUT2D eigenvalue weighted by atomic mass is 9.96. The Balaban J connectivity index is 1.49. The molecular weight excluding hydrogens is 318 g/mol. The summed E-state index contributed by atoms with van der Waals surface area (Å²) in [6.07, 6.45) is 5.98. The first-order valence-corrected chi connectivity index (χ1v) is 9.14. The van der Waals surface area contributed by atoms with E-state index >= 15 is 0 Å². The summed E-state index contributed by atoms with van der Waals surface area (Å²) in [7, 11) is 0. The van der Waals surface area contributed by atoms with Gasteiger partial charge in [0, 0.05) is 19.0 Å². The first kappa shape index (κ1) is 19.1. The van der Waals surface area contributed by atoms with Crippen LogP contribution in [0.4, 0.5) is 4.79 Å². The van der Waals surface area contributed by atoms with Gasteiger partial charge in [-0.2, -0.15) is 0 Å². The van der Waals surface area contributed by atoms with E-state index in [4.69, 9.17) is 4.74 Å². The van der Waals surface area contributed by atoms with E-state index in [2.05, 4.69) is 16.0 Å².